The van der Waals surface area contributed by atoms with Crippen molar-refractivity contribution in [2.45, 2.75) is 6.54 Å². The monoisotopic (exact) mass is 255 g/mol. The third kappa shape index (κ3) is 3.64. The Kier molecular flexibility index (Phi) is 4.23. The minimum absolute atomic E-state index is 0.0489. The van der Waals surface area contributed by atoms with E-state index in [4.69, 9.17) is 0 Å². The van der Waals surface area contributed by atoms with E-state index in [0.717, 1.165) is 5.56 Å². The van der Waals surface area contributed by atoms with Crippen LogP contribution in [0.1, 0.15) is 11.1 Å². The number of rotatable bonds is 5. The molecule has 2 rings (SSSR count). The number of benzene rings is 2. The van der Waals surface area contributed by atoms with E-state index in [2.05, 4.69) is 10.5 Å². The second-order valence-electron chi connectivity index (χ2n) is 3.89. The molecule has 2 aromatic rings. The molecule has 0 saturated heterocycles. The number of nitrogens with zero attached hydrogens (tertiary/aromatic N) is 2. The molecule has 0 heterocycles. The first kappa shape index (κ1) is 12.8. The molecule has 0 spiro atoms. The maximum Gasteiger partial charge on any atom is 0.278 e. The zero-order valence-electron chi connectivity index (χ0n) is 10.2. The van der Waals surface area contributed by atoms with Crippen molar-refractivity contribution in [3.05, 3.63) is 75.8 Å². The number of hydrogen-bond donors (Lipinski definition) is 1. The number of hydrazone groups is 1. The van der Waals surface area contributed by atoms with Gasteiger partial charge in [-0.05, 0) is 11.6 Å². The topological polar surface area (TPSA) is 67.5 Å². The summed E-state index contributed by atoms with van der Waals surface area (Å²) in [4.78, 5) is 10.4. The predicted octanol–water partition coefficient (Wildman–Crippen LogP) is 2.72. The van der Waals surface area contributed by atoms with Gasteiger partial charge in [-0.3, -0.25) is 10.1 Å². The standard InChI is InChI=1S/C14H13N3O2/c18-17(19)14-9-5-4-8-13(14)11-16-15-10-12-6-2-1-3-7-12/h1-9,11,15H,10H2/b16-11+. The van der Waals surface area contributed by atoms with Gasteiger partial charge in [-0.1, -0.05) is 42.5 Å². The van der Waals surface area contributed by atoms with Crippen LogP contribution in [0.4, 0.5) is 5.69 Å². The van der Waals surface area contributed by atoms with Crippen LogP contribution >= 0.6 is 0 Å². The van der Waals surface area contributed by atoms with E-state index < -0.39 is 4.92 Å². The lowest BCUT2D eigenvalue weighted by Crippen LogP contribution is -2.05. The summed E-state index contributed by atoms with van der Waals surface area (Å²) < 4.78 is 0. The van der Waals surface area contributed by atoms with Gasteiger partial charge >= 0.3 is 0 Å². The molecule has 0 saturated carbocycles. The highest BCUT2D eigenvalue weighted by Crippen LogP contribution is 2.14. The molecule has 5 nitrogen and oxygen atoms in total. The van der Waals surface area contributed by atoms with Gasteiger partial charge < -0.3 is 5.43 Å². The molecule has 0 bridgehead atoms. The molecule has 5 heteroatoms. The smallest absolute Gasteiger partial charge is 0.278 e. The van der Waals surface area contributed by atoms with Gasteiger partial charge in [0.2, 0.25) is 0 Å². The normalized spacial score (nSPS) is 10.5. The summed E-state index contributed by atoms with van der Waals surface area (Å²) in [6.45, 7) is 0.581. The molecule has 0 aliphatic heterocycles. The molecule has 19 heavy (non-hydrogen) atoms. The lowest BCUT2D eigenvalue weighted by molar-refractivity contribution is -0.385. The Labute approximate surface area is 110 Å². The predicted molar refractivity (Wildman–Crippen MR) is 74.0 cm³/mol. The van der Waals surface area contributed by atoms with Crippen molar-refractivity contribution in [3.63, 3.8) is 0 Å². The second-order valence-corrected chi connectivity index (χ2v) is 3.89. The molecule has 0 atom stereocenters. The van der Waals surface area contributed by atoms with Crippen LogP contribution < -0.4 is 5.43 Å². The molecule has 0 fully saturated rings. The molecule has 96 valence electrons. The zero-order chi connectivity index (χ0) is 13.5. The molecule has 0 aliphatic rings. The summed E-state index contributed by atoms with van der Waals surface area (Å²) in [5.41, 5.74) is 4.49. The maximum atomic E-state index is 10.8. The average Bonchev–Trinajstić information content (AvgIpc) is 2.45. The van der Waals surface area contributed by atoms with Crippen LogP contribution in [0, 0.1) is 10.1 Å². The Morgan fingerprint density at radius 3 is 2.53 bits per heavy atom. The van der Waals surface area contributed by atoms with E-state index in [1.807, 2.05) is 30.3 Å². The fraction of sp³-hybridized carbons (Fsp3) is 0.0714. The van der Waals surface area contributed by atoms with Crippen molar-refractivity contribution in [3.8, 4) is 0 Å². The van der Waals surface area contributed by atoms with E-state index in [0.29, 0.717) is 12.1 Å². The average molecular weight is 255 g/mol. The lowest BCUT2D eigenvalue weighted by atomic mass is 10.2. The van der Waals surface area contributed by atoms with E-state index in [-0.39, 0.29) is 5.69 Å². The van der Waals surface area contributed by atoms with Crippen LogP contribution in [0.15, 0.2) is 59.7 Å². The van der Waals surface area contributed by atoms with Crippen molar-refractivity contribution in [2.24, 2.45) is 5.10 Å². The summed E-state index contributed by atoms with van der Waals surface area (Å²) in [6.07, 6.45) is 1.46. The number of para-hydroxylation sites is 1. The molecule has 1 N–H and O–H groups in total. The number of nitro groups is 1. The van der Waals surface area contributed by atoms with E-state index >= 15 is 0 Å². The minimum Gasteiger partial charge on any atom is -0.306 e. The number of nitro benzene ring substituents is 1. The molecule has 0 amide bonds. The van der Waals surface area contributed by atoms with Crippen LogP contribution in [0.25, 0.3) is 0 Å². The Hall–Kier alpha value is -2.69. The molecule has 0 radical (unpaired) electrons. The summed E-state index contributed by atoms with van der Waals surface area (Å²) in [5.74, 6) is 0. The second kappa shape index (κ2) is 6.30. The minimum atomic E-state index is -0.418. The van der Waals surface area contributed by atoms with Gasteiger partial charge in [-0.15, -0.1) is 0 Å². The van der Waals surface area contributed by atoms with E-state index in [1.54, 1.807) is 18.2 Å². The van der Waals surface area contributed by atoms with Crippen LogP contribution in [-0.2, 0) is 6.54 Å². The van der Waals surface area contributed by atoms with E-state index in [1.165, 1.54) is 12.3 Å². The Bertz CT molecular complexity index is 582. The SMILES string of the molecule is O=[N+]([O-])c1ccccc1/C=N/NCc1ccccc1. The van der Waals surface area contributed by atoms with Gasteiger partial charge in [0, 0.05) is 6.07 Å². The summed E-state index contributed by atoms with van der Waals surface area (Å²) in [5, 5.41) is 14.8. The van der Waals surface area contributed by atoms with Crippen LogP contribution in [-0.4, -0.2) is 11.1 Å². The van der Waals surface area contributed by atoms with Crippen LogP contribution in [0.2, 0.25) is 0 Å². The quantitative estimate of drug-likeness (QED) is 0.507. The summed E-state index contributed by atoms with van der Waals surface area (Å²) >= 11 is 0. The molecule has 0 aliphatic carbocycles. The van der Waals surface area contributed by atoms with Crippen LogP contribution in [0.3, 0.4) is 0 Å². The summed E-state index contributed by atoms with van der Waals surface area (Å²) in [6, 6.07) is 16.3. The fourth-order valence-corrected chi connectivity index (χ4v) is 1.61. The molecular formula is C14H13N3O2. The Morgan fingerprint density at radius 2 is 1.79 bits per heavy atom. The third-order valence-corrected chi connectivity index (χ3v) is 2.55. The number of nitrogens with one attached hydrogen (secondary N) is 1. The summed E-state index contributed by atoms with van der Waals surface area (Å²) in [7, 11) is 0. The number of hydrogen-bond acceptors (Lipinski definition) is 4. The van der Waals surface area contributed by atoms with Gasteiger partial charge in [-0.2, -0.15) is 5.10 Å². The van der Waals surface area contributed by atoms with Gasteiger partial charge in [-0.25, -0.2) is 0 Å². The highest BCUT2D eigenvalue weighted by atomic mass is 16.6. The fourth-order valence-electron chi connectivity index (χ4n) is 1.61. The van der Waals surface area contributed by atoms with Gasteiger partial charge in [0.05, 0.1) is 23.2 Å². The zero-order valence-corrected chi connectivity index (χ0v) is 10.2. The Balaban J connectivity index is 1.98. The van der Waals surface area contributed by atoms with Crippen molar-refractivity contribution < 1.29 is 4.92 Å². The molecular weight excluding hydrogens is 242 g/mol. The molecule has 0 aromatic heterocycles. The molecule has 0 unspecified atom stereocenters. The molecule has 2 aromatic carbocycles. The largest absolute Gasteiger partial charge is 0.306 e. The van der Waals surface area contributed by atoms with Crippen molar-refractivity contribution in [2.75, 3.05) is 0 Å². The van der Waals surface area contributed by atoms with Gasteiger partial charge in [0.1, 0.15) is 0 Å². The first-order chi connectivity index (χ1) is 9.27. The van der Waals surface area contributed by atoms with Crippen LogP contribution in [0.5, 0.6) is 0 Å². The highest BCUT2D eigenvalue weighted by molar-refractivity contribution is 5.84. The first-order valence-electron chi connectivity index (χ1n) is 5.80. The van der Waals surface area contributed by atoms with Gasteiger partial charge in [0.25, 0.3) is 5.69 Å². The Morgan fingerprint density at radius 1 is 1.11 bits per heavy atom. The highest BCUT2D eigenvalue weighted by Gasteiger charge is 2.09. The van der Waals surface area contributed by atoms with Gasteiger partial charge in [0.15, 0.2) is 0 Å². The van der Waals surface area contributed by atoms with Crippen molar-refractivity contribution in [1.29, 1.82) is 0 Å². The third-order valence-electron chi connectivity index (χ3n) is 2.55. The van der Waals surface area contributed by atoms with Crippen molar-refractivity contribution >= 4 is 11.9 Å². The maximum absolute atomic E-state index is 10.8. The van der Waals surface area contributed by atoms with Crippen molar-refractivity contribution in [1.82, 2.24) is 5.43 Å². The van der Waals surface area contributed by atoms with E-state index in [9.17, 15) is 10.1 Å². The first-order valence-corrected chi connectivity index (χ1v) is 5.80. The lowest BCUT2D eigenvalue weighted by Gasteiger charge is -2.00.